The van der Waals surface area contributed by atoms with Crippen LogP contribution >= 0.6 is 0 Å². The highest BCUT2D eigenvalue weighted by molar-refractivity contribution is 5.71. The maximum Gasteiger partial charge on any atom is 0.306 e. The summed E-state index contributed by atoms with van der Waals surface area (Å²) in [6.07, 6.45) is 69.2. The van der Waals surface area contributed by atoms with Crippen molar-refractivity contribution in [2.45, 2.75) is 277 Å². The minimum absolute atomic E-state index is 0.0822. The quantitative estimate of drug-likeness (QED) is 0.0262. The zero-order chi connectivity index (χ0) is 47.9. The molecule has 1 atom stereocenters. The molecule has 66 heavy (non-hydrogen) atoms. The molecule has 0 aliphatic rings. The van der Waals surface area contributed by atoms with Crippen molar-refractivity contribution in [1.82, 2.24) is 0 Å². The van der Waals surface area contributed by atoms with E-state index in [9.17, 15) is 14.4 Å². The summed E-state index contributed by atoms with van der Waals surface area (Å²) < 4.78 is 16.7. The standard InChI is InChI=1S/C60H104O6/c1-4-7-10-13-16-18-20-22-24-26-28-30-32-34-36-38-40-42-44-47-50-53-59(62)65-56-57(55-64-58(61)52-49-46-15-12-9-6-3)66-60(63)54-51-48-45-43-41-39-37-35-33-31-29-27-25-23-21-19-17-14-11-8-5-2/h7,10,16,18,22,24,27-30,34,36,57H,4-6,8-9,11-15,17,19-21,23,25-26,31-33,35,37-56H2,1-3H3/b10-7-,18-16-,24-22-,29-27-,30-28-,36-34-. The number of unbranched alkanes of at least 4 members (excludes halogenated alkanes) is 27. The van der Waals surface area contributed by atoms with Gasteiger partial charge in [0.15, 0.2) is 6.10 Å². The highest BCUT2D eigenvalue weighted by Crippen LogP contribution is 2.15. The van der Waals surface area contributed by atoms with Gasteiger partial charge >= 0.3 is 17.9 Å². The molecule has 0 saturated carbocycles. The average Bonchev–Trinajstić information content (AvgIpc) is 3.31. The van der Waals surface area contributed by atoms with Gasteiger partial charge in [-0.1, -0.05) is 235 Å². The van der Waals surface area contributed by atoms with E-state index in [4.69, 9.17) is 14.2 Å². The lowest BCUT2D eigenvalue weighted by Gasteiger charge is -2.18. The Balaban J connectivity index is 4.21. The van der Waals surface area contributed by atoms with Crippen molar-refractivity contribution < 1.29 is 28.6 Å². The Morgan fingerprint density at radius 2 is 0.591 bits per heavy atom. The molecule has 0 heterocycles. The molecule has 0 rings (SSSR count). The molecule has 6 nitrogen and oxygen atoms in total. The van der Waals surface area contributed by atoms with Crippen LogP contribution in [0.25, 0.3) is 0 Å². The van der Waals surface area contributed by atoms with Crippen LogP contribution in [0.4, 0.5) is 0 Å². The molecule has 0 bridgehead atoms. The summed E-state index contributed by atoms with van der Waals surface area (Å²) in [4.78, 5) is 37.9. The SMILES string of the molecule is CC/C=C\C/C=C\C/C=C\C/C=C\C/C=C\CCCCCCCC(=O)OCC(COC(=O)CCCCCCCC)OC(=O)CCCCCCCCCCC/C=C\CCCCCCCCCC. The molecule has 0 radical (unpaired) electrons. The van der Waals surface area contributed by atoms with Crippen LogP contribution in [0.15, 0.2) is 72.9 Å². The number of allylic oxidation sites excluding steroid dienone is 12. The zero-order valence-electron chi connectivity index (χ0n) is 43.4. The Kier molecular flexibility index (Phi) is 51.9. The monoisotopic (exact) mass is 921 g/mol. The van der Waals surface area contributed by atoms with E-state index in [-0.39, 0.29) is 31.1 Å². The lowest BCUT2D eigenvalue weighted by atomic mass is 10.1. The van der Waals surface area contributed by atoms with Gasteiger partial charge in [-0.15, -0.1) is 0 Å². The van der Waals surface area contributed by atoms with Crippen LogP contribution in [0.3, 0.4) is 0 Å². The molecule has 0 spiro atoms. The Labute approximate surface area is 408 Å². The number of ether oxygens (including phenoxy) is 3. The van der Waals surface area contributed by atoms with Gasteiger partial charge in [-0.25, -0.2) is 0 Å². The summed E-state index contributed by atoms with van der Waals surface area (Å²) in [5, 5.41) is 0. The molecule has 0 aromatic rings. The van der Waals surface area contributed by atoms with Crippen LogP contribution in [0.5, 0.6) is 0 Å². The van der Waals surface area contributed by atoms with Gasteiger partial charge in [0.1, 0.15) is 13.2 Å². The fraction of sp³-hybridized carbons (Fsp3) is 0.750. The molecule has 0 fully saturated rings. The first-order valence-corrected chi connectivity index (χ1v) is 27.9. The Bertz CT molecular complexity index is 1240. The van der Waals surface area contributed by atoms with Gasteiger partial charge in [0, 0.05) is 19.3 Å². The summed E-state index contributed by atoms with van der Waals surface area (Å²) in [5.41, 5.74) is 0. The third-order valence-corrected chi connectivity index (χ3v) is 11.9. The summed E-state index contributed by atoms with van der Waals surface area (Å²) >= 11 is 0. The van der Waals surface area contributed by atoms with E-state index in [2.05, 4.69) is 93.7 Å². The van der Waals surface area contributed by atoms with Crippen molar-refractivity contribution in [2.24, 2.45) is 0 Å². The van der Waals surface area contributed by atoms with Gasteiger partial charge in [0.2, 0.25) is 0 Å². The summed E-state index contributed by atoms with van der Waals surface area (Å²) in [6.45, 7) is 6.46. The topological polar surface area (TPSA) is 78.9 Å². The van der Waals surface area contributed by atoms with Crippen LogP contribution in [0, 0.1) is 0 Å². The Morgan fingerprint density at radius 3 is 0.939 bits per heavy atom. The third-order valence-electron chi connectivity index (χ3n) is 11.9. The molecule has 0 saturated heterocycles. The fourth-order valence-corrected chi connectivity index (χ4v) is 7.76. The predicted octanol–water partition coefficient (Wildman–Crippen LogP) is 18.6. The molecule has 0 aliphatic carbocycles. The highest BCUT2D eigenvalue weighted by atomic mass is 16.6. The molecule has 0 aromatic carbocycles. The number of hydrogen-bond acceptors (Lipinski definition) is 6. The van der Waals surface area contributed by atoms with Crippen molar-refractivity contribution in [1.29, 1.82) is 0 Å². The molecule has 6 heteroatoms. The lowest BCUT2D eigenvalue weighted by Crippen LogP contribution is -2.30. The van der Waals surface area contributed by atoms with Crippen molar-refractivity contribution >= 4 is 17.9 Å². The smallest absolute Gasteiger partial charge is 0.306 e. The molecule has 0 amide bonds. The second kappa shape index (κ2) is 54.5. The summed E-state index contributed by atoms with van der Waals surface area (Å²) in [7, 11) is 0. The lowest BCUT2D eigenvalue weighted by molar-refractivity contribution is -0.167. The van der Waals surface area contributed by atoms with Crippen LogP contribution < -0.4 is 0 Å². The molecule has 1 unspecified atom stereocenters. The third kappa shape index (κ3) is 51.8. The van der Waals surface area contributed by atoms with Crippen molar-refractivity contribution in [3.05, 3.63) is 72.9 Å². The van der Waals surface area contributed by atoms with Gasteiger partial charge in [-0.2, -0.15) is 0 Å². The second-order valence-corrected chi connectivity index (χ2v) is 18.5. The summed E-state index contributed by atoms with van der Waals surface area (Å²) in [6, 6.07) is 0. The van der Waals surface area contributed by atoms with E-state index < -0.39 is 6.10 Å². The van der Waals surface area contributed by atoms with E-state index >= 15 is 0 Å². The zero-order valence-corrected chi connectivity index (χ0v) is 43.4. The van der Waals surface area contributed by atoms with Crippen LogP contribution in [-0.4, -0.2) is 37.2 Å². The first-order valence-electron chi connectivity index (χ1n) is 27.9. The number of carbonyl (C=O) groups excluding carboxylic acids is 3. The maximum atomic E-state index is 12.8. The van der Waals surface area contributed by atoms with Gasteiger partial charge in [-0.05, 0) is 89.9 Å². The van der Waals surface area contributed by atoms with Crippen molar-refractivity contribution in [2.75, 3.05) is 13.2 Å². The van der Waals surface area contributed by atoms with E-state index in [0.29, 0.717) is 19.3 Å². The largest absolute Gasteiger partial charge is 0.462 e. The van der Waals surface area contributed by atoms with Crippen LogP contribution in [0.1, 0.15) is 271 Å². The minimum Gasteiger partial charge on any atom is -0.462 e. The minimum atomic E-state index is -0.781. The van der Waals surface area contributed by atoms with E-state index in [1.54, 1.807) is 0 Å². The number of hydrogen-bond donors (Lipinski definition) is 0. The number of carbonyl (C=O) groups is 3. The van der Waals surface area contributed by atoms with Crippen molar-refractivity contribution in [3.8, 4) is 0 Å². The van der Waals surface area contributed by atoms with E-state index in [1.165, 1.54) is 122 Å². The van der Waals surface area contributed by atoms with Crippen molar-refractivity contribution in [3.63, 3.8) is 0 Å². The second-order valence-electron chi connectivity index (χ2n) is 18.5. The van der Waals surface area contributed by atoms with Crippen LogP contribution in [-0.2, 0) is 28.6 Å². The van der Waals surface area contributed by atoms with Crippen LogP contribution in [0.2, 0.25) is 0 Å². The number of rotatable bonds is 50. The maximum absolute atomic E-state index is 12.8. The fourth-order valence-electron chi connectivity index (χ4n) is 7.76. The van der Waals surface area contributed by atoms with Gasteiger partial charge in [0.25, 0.3) is 0 Å². The molecule has 0 aromatic heterocycles. The average molecular weight is 921 g/mol. The Morgan fingerprint density at radius 1 is 0.318 bits per heavy atom. The number of esters is 3. The normalized spacial score (nSPS) is 12.6. The Hall–Kier alpha value is -3.15. The molecular weight excluding hydrogens is 817 g/mol. The predicted molar refractivity (Wildman–Crippen MR) is 284 cm³/mol. The van der Waals surface area contributed by atoms with E-state index in [1.807, 2.05) is 0 Å². The van der Waals surface area contributed by atoms with Gasteiger partial charge < -0.3 is 14.2 Å². The highest BCUT2D eigenvalue weighted by Gasteiger charge is 2.19. The first kappa shape index (κ1) is 62.8. The molecule has 0 N–H and O–H groups in total. The first-order chi connectivity index (χ1) is 32.5. The molecule has 380 valence electrons. The van der Waals surface area contributed by atoms with Gasteiger partial charge in [-0.3, -0.25) is 14.4 Å². The van der Waals surface area contributed by atoms with E-state index in [0.717, 1.165) is 109 Å². The molecular formula is C60H104O6. The van der Waals surface area contributed by atoms with Gasteiger partial charge in [0.05, 0.1) is 0 Å². The molecule has 0 aliphatic heterocycles. The summed E-state index contributed by atoms with van der Waals surface area (Å²) in [5.74, 6) is -0.908.